The first-order chi connectivity index (χ1) is 11.0. The third kappa shape index (κ3) is 3.31. The minimum atomic E-state index is -1.51. The van der Waals surface area contributed by atoms with Crippen LogP contribution < -0.4 is 16.0 Å². The molecule has 2 unspecified atom stereocenters. The lowest BCUT2D eigenvalue weighted by atomic mass is 9.84. The standard InChI is InChI=1S/C13H18N6O4/c20-10(9-11(21)16-13(23)17-12(9)22)15-7-3-1-6(2-4-7)8-5-14-19-18-8/h5-7,9,11,21H,1-4H2,(H,15,20)(H,14,18,19)(H2,16,17,22,23). The lowest BCUT2D eigenvalue weighted by Gasteiger charge is -2.31. The van der Waals surface area contributed by atoms with Gasteiger partial charge in [-0.15, -0.1) is 0 Å². The van der Waals surface area contributed by atoms with Gasteiger partial charge in [-0.25, -0.2) is 4.79 Å². The van der Waals surface area contributed by atoms with E-state index in [-0.39, 0.29) is 6.04 Å². The summed E-state index contributed by atoms with van der Waals surface area (Å²) in [5.74, 6) is -2.40. The van der Waals surface area contributed by atoms with Crippen molar-refractivity contribution >= 4 is 17.8 Å². The normalized spacial score (nSPS) is 31.2. The van der Waals surface area contributed by atoms with Gasteiger partial charge in [0.25, 0.3) is 0 Å². The highest BCUT2D eigenvalue weighted by atomic mass is 16.3. The number of aliphatic hydroxyl groups is 1. The van der Waals surface area contributed by atoms with Crippen LogP contribution in [0.3, 0.4) is 0 Å². The van der Waals surface area contributed by atoms with E-state index in [0.717, 1.165) is 31.4 Å². The molecule has 1 aromatic rings. The van der Waals surface area contributed by atoms with Crippen molar-refractivity contribution in [1.29, 1.82) is 0 Å². The first kappa shape index (κ1) is 15.4. The Hall–Kier alpha value is -2.49. The predicted molar refractivity (Wildman–Crippen MR) is 75.7 cm³/mol. The molecule has 1 aliphatic heterocycles. The third-order valence-electron chi connectivity index (χ3n) is 4.32. The van der Waals surface area contributed by atoms with Gasteiger partial charge in [0.15, 0.2) is 5.92 Å². The van der Waals surface area contributed by atoms with Gasteiger partial charge in [-0.3, -0.25) is 14.9 Å². The third-order valence-corrected chi connectivity index (χ3v) is 4.32. The summed E-state index contributed by atoms with van der Waals surface area (Å²) in [6, 6.07) is -0.872. The van der Waals surface area contributed by atoms with Gasteiger partial charge in [0.05, 0.1) is 11.9 Å². The van der Waals surface area contributed by atoms with E-state index in [1.54, 1.807) is 6.20 Å². The molecule has 2 aliphatic rings. The molecule has 0 radical (unpaired) electrons. The van der Waals surface area contributed by atoms with Crippen molar-refractivity contribution in [2.45, 2.75) is 43.9 Å². The quantitative estimate of drug-likeness (QED) is 0.438. The van der Waals surface area contributed by atoms with E-state index >= 15 is 0 Å². The van der Waals surface area contributed by atoms with E-state index in [4.69, 9.17) is 0 Å². The molecule has 1 aliphatic carbocycles. The molecule has 1 saturated carbocycles. The maximum atomic E-state index is 12.2. The van der Waals surface area contributed by atoms with E-state index in [1.807, 2.05) is 5.32 Å². The highest BCUT2D eigenvalue weighted by molar-refractivity contribution is 6.08. The zero-order chi connectivity index (χ0) is 16.4. The van der Waals surface area contributed by atoms with E-state index in [9.17, 15) is 19.5 Å². The van der Waals surface area contributed by atoms with E-state index < -0.39 is 30.0 Å². The summed E-state index contributed by atoms with van der Waals surface area (Å²) in [5, 5.41) is 27.0. The van der Waals surface area contributed by atoms with Crippen LogP contribution in [0.5, 0.6) is 0 Å². The monoisotopic (exact) mass is 322 g/mol. The average molecular weight is 322 g/mol. The van der Waals surface area contributed by atoms with Gasteiger partial charge in [-0.05, 0) is 25.7 Å². The summed E-state index contributed by atoms with van der Waals surface area (Å²) in [4.78, 5) is 34.9. The molecule has 10 nitrogen and oxygen atoms in total. The number of carbonyl (C=O) groups excluding carboxylic acids is 3. The molecule has 3 rings (SSSR count). The van der Waals surface area contributed by atoms with Gasteiger partial charge in [0.2, 0.25) is 11.8 Å². The molecule has 2 atom stereocenters. The first-order valence-corrected chi connectivity index (χ1v) is 7.50. The number of H-pyrrole nitrogens is 1. The number of aliphatic hydroxyl groups excluding tert-OH is 1. The Balaban J connectivity index is 1.53. The molecule has 2 heterocycles. The fraction of sp³-hybridized carbons (Fsp3) is 0.615. The number of rotatable bonds is 3. The average Bonchev–Trinajstić information content (AvgIpc) is 3.01. The van der Waals surface area contributed by atoms with Crippen LogP contribution in [0.2, 0.25) is 0 Å². The Labute approximate surface area is 131 Å². The number of carbonyl (C=O) groups is 3. The molecule has 5 N–H and O–H groups in total. The van der Waals surface area contributed by atoms with Gasteiger partial charge in [-0.1, -0.05) is 0 Å². The number of aromatic nitrogens is 3. The highest BCUT2D eigenvalue weighted by Crippen LogP contribution is 2.31. The number of nitrogens with one attached hydrogen (secondary N) is 4. The van der Waals surface area contributed by atoms with Crippen LogP contribution in [-0.2, 0) is 9.59 Å². The molecule has 0 aromatic carbocycles. The summed E-state index contributed by atoms with van der Waals surface area (Å²) in [6.07, 6.45) is 3.40. The smallest absolute Gasteiger partial charge is 0.323 e. The van der Waals surface area contributed by atoms with Crippen LogP contribution >= 0.6 is 0 Å². The molecule has 10 heteroatoms. The summed E-state index contributed by atoms with van der Waals surface area (Å²) in [6.45, 7) is 0. The molecular formula is C13H18N6O4. The minimum absolute atomic E-state index is 0.0664. The van der Waals surface area contributed by atoms with Gasteiger partial charge in [0.1, 0.15) is 6.23 Å². The summed E-state index contributed by atoms with van der Waals surface area (Å²) in [5.41, 5.74) is 0.916. The van der Waals surface area contributed by atoms with Gasteiger partial charge in [-0.2, -0.15) is 15.4 Å². The lowest BCUT2D eigenvalue weighted by Crippen LogP contribution is -2.62. The van der Waals surface area contributed by atoms with E-state index in [0.29, 0.717) is 5.92 Å². The Bertz CT molecular complexity index is 596. The number of nitrogens with zero attached hydrogens (tertiary/aromatic N) is 2. The molecule has 1 aromatic heterocycles. The topological polar surface area (TPSA) is 149 Å². The van der Waals surface area contributed by atoms with Crippen LogP contribution in [0.1, 0.15) is 37.3 Å². The zero-order valence-corrected chi connectivity index (χ0v) is 12.3. The second kappa shape index (κ2) is 6.32. The number of imide groups is 1. The van der Waals surface area contributed by atoms with Crippen molar-refractivity contribution < 1.29 is 19.5 Å². The number of hydrogen-bond acceptors (Lipinski definition) is 6. The number of urea groups is 1. The van der Waals surface area contributed by atoms with Crippen LogP contribution in [0, 0.1) is 5.92 Å². The molecule has 2 fully saturated rings. The summed E-state index contributed by atoms with van der Waals surface area (Å²) in [7, 11) is 0. The largest absolute Gasteiger partial charge is 0.372 e. The summed E-state index contributed by atoms with van der Waals surface area (Å²) >= 11 is 0. The Morgan fingerprint density at radius 1 is 1.26 bits per heavy atom. The minimum Gasteiger partial charge on any atom is -0.372 e. The van der Waals surface area contributed by atoms with Gasteiger partial charge >= 0.3 is 6.03 Å². The Kier molecular flexibility index (Phi) is 4.24. The molecule has 1 saturated heterocycles. The van der Waals surface area contributed by atoms with Crippen LogP contribution in [-0.4, -0.2) is 50.6 Å². The zero-order valence-electron chi connectivity index (χ0n) is 12.3. The SMILES string of the molecule is O=C1NC(=O)C(C(=O)NC2CCC(c3cn[nH]n3)CC2)C(O)N1. The number of aromatic amines is 1. The second-order valence-electron chi connectivity index (χ2n) is 5.84. The van der Waals surface area contributed by atoms with Crippen LogP contribution in [0.4, 0.5) is 4.79 Å². The second-order valence-corrected chi connectivity index (χ2v) is 5.84. The van der Waals surface area contributed by atoms with Crippen LogP contribution in [0.15, 0.2) is 6.20 Å². The molecule has 0 bridgehead atoms. The highest BCUT2D eigenvalue weighted by Gasteiger charge is 2.40. The Morgan fingerprint density at radius 3 is 2.61 bits per heavy atom. The molecule has 124 valence electrons. The van der Waals surface area contributed by atoms with Gasteiger partial charge in [0, 0.05) is 12.0 Å². The van der Waals surface area contributed by atoms with Gasteiger partial charge < -0.3 is 15.7 Å². The van der Waals surface area contributed by atoms with Crippen molar-refractivity contribution in [2.24, 2.45) is 5.92 Å². The van der Waals surface area contributed by atoms with Crippen molar-refractivity contribution in [3.63, 3.8) is 0 Å². The lowest BCUT2D eigenvalue weighted by molar-refractivity contribution is -0.142. The predicted octanol–water partition coefficient (Wildman–Crippen LogP) is -1.28. The summed E-state index contributed by atoms with van der Waals surface area (Å²) < 4.78 is 0. The van der Waals surface area contributed by atoms with Crippen molar-refractivity contribution in [1.82, 2.24) is 31.4 Å². The number of amides is 4. The molecule has 23 heavy (non-hydrogen) atoms. The maximum absolute atomic E-state index is 12.2. The number of hydrogen-bond donors (Lipinski definition) is 5. The molecular weight excluding hydrogens is 304 g/mol. The van der Waals surface area contributed by atoms with Crippen LogP contribution in [0.25, 0.3) is 0 Å². The fourth-order valence-electron chi connectivity index (χ4n) is 3.08. The van der Waals surface area contributed by atoms with Crippen molar-refractivity contribution in [2.75, 3.05) is 0 Å². The van der Waals surface area contributed by atoms with Crippen molar-refractivity contribution in [3.05, 3.63) is 11.9 Å². The Morgan fingerprint density at radius 2 is 2.00 bits per heavy atom. The van der Waals surface area contributed by atoms with E-state index in [2.05, 4.69) is 26.0 Å². The maximum Gasteiger partial charge on any atom is 0.323 e. The first-order valence-electron chi connectivity index (χ1n) is 7.50. The fourth-order valence-corrected chi connectivity index (χ4v) is 3.08. The molecule has 0 spiro atoms. The molecule has 4 amide bonds. The van der Waals surface area contributed by atoms with E-state index in [1.165, 1.54) is 0 Å². The van der Waals surface area contributed by atoms with Crippen molar-refractivity contribution in [3.8, 4) is 0 Å².